The Morgan fingerprint density at radius 3 is 2.64 bits per heavy atom. The Morgan fingerprint density at radius 2 is 2.27 bits per heavy atom. The fourth-order valence-corrected chi connectivity index (χ4v) is 0.445. The summed E-state index contributed by atoms with van der Waals surface area (Å²) in [5.41, 5.74) is 0.0297. The van der Waals surface area contributed by atoms with E-state index in [1.54, 1.807) is 6.92 Å². The van der Waals surface area contributed by atoms with Gasteiger partial charge >= 0.3 is 5.97 Å². The Labute approximate surface area is 65.4 Å². The molecule has 0 radical (unpaired) electrons. The number of ether oxygens (including phenoxy) is 2. The Morgan fingerprint density at radius 1 is 1.73 bits per heavy atom. The molecule has 0 aromatic carbocycles. The van der Waals surface area contributed by atoms with E-state index in [2.05, 4.69) is 11.3 Å². The second kappa shape index (κ2) is 4.87. The fourth-order valence-electron chi connectivity index (χ4n) is 0.445. The lowest BCUT2D eigenvalue weighted by atomic mass is 10.2. The molecule has 0 heterocycles. The summed E-state index contributed by atoms with van der Waals surface area (Å²) >= 11 is 0. The van der Waals surface area contributed by atoms with Gasteiger partial charge in [-0.1, -0.05) is 6.58 Å². The molecule has 0 bridgehead atoms. The van der Waals surface area contributed by atoms with Crippen LogP contribution in [0.25, 0.3) is 0 Å². The summed E-state index contributed by atoms with van der Waals surface area (Å²) in [5.74, 6) is -1.05. The van der Waals surface area contributed by atoms with Crippen molar-refractivity contribution in [3.8, 4) is 0 Å². The van der Waals surface area contributed by atoms with Crippen LogP contribution in [0.2, 0.25) is 0 Å². The molecule has 0 saturated heterocycles. The van der Waals surface area contributed by atoms with E-state index < -0.39 is 12.1 Å². The first-order valence-electron chi connectivity index (χ1n) is 3.12. The highest BCUT2D eigenvalue weighted by Crippen LogP contribution is 2.03. The number of hydrogen-bond acceptors (Lipinski definition) is 3. The lowest BCUT2D eigenvalue weighted by Crippen LogP contribution is -2.18. The third-order valence-corrected chi connectivity index (χ3v) is 1.20. The molecule has 0 aliphatic rings. The van der Waals surface area contributed by atoms with Gasteiger partial charge in [0.05, 0.1) is 11.7 Å². The summed E-state index contributed by atoms with van der Waals surface area (Å²) in [6, 6.07) is 0. The molecule has 4 heteroatoms. The Bertz CT molecular complexity index is 153. The standard InChI is InChI=1S/C7H12O4/c1-5(7(8)9)6(2)11-4-10-3/h6H,1,4H2,2-3H3,(H,8,9). The highest BCUT2D eigenvalue weighted by Gasteiger charge is 2.12. The Balaban J connectivity index is 3.73. The van der Waals surface area contributed by atoms with Crippen LogP contribution in [0.15, 0.2) is 12.2 Å². The first-order valence-corrected chi connectivity index (χ1v) is 3.12. The molecule has 1 N–H and O–H groups in total. The van der Waals surface area contributed by atoms with Crippen LogP contribution in [0.1, 0.15) is 6.92 Å². The van der Waals surface area contributed by atoms with Crippen molar-refractivity contribution < 1.29 is 19.4 Å². The summed E-state index contributed by atoms with van der Waals surface area (Å²) < 4.78 is 9.50. The zero-order valence-electron chi connectivity index (χ0n) is 6.66. The second-order valence-corrected chi connectivity index (χ2v) is 2.05. The highest BCUT2D eigenvalue weighted by atomic mass is 16.7. The molecule has 0 aromatic heterocycles. The number of carbonyl (C=O) groups is 1. The van der Waals surface area contributed by atoms with Gasteiger partial charge in [-0.25, -0.2) is 4.79 Å². The molecular formula is C7H12O4. The van der Waals surface area contributed by atoms with Gasteiger partial charge in [-0.15, -0.1) is 0 Å². The molecule has 64 valence electrons. The first kappa shape index (κ1) is 10.1. The van der Waals surface area contributed by atoms with Gasteiger partial charge in [-0.3, -0.25) is 0 Å². The van der Waals surface area contributed by atoms with Gasteiger partial charge in [0.25, 0.3) is 0 Å². The van der Waals surface area contributed by atoms with E-state index >= 15 is 0 Å². The van der Waals surface area contributed by atoms with Crippen LogP contribution < -0.4 is 0 Å². The maximum absolute atomic E-state index is 10.3. The van der Waals surface area contributed by atoms with Crippen LogP contribution in [0.4, 0.5) is 0 Å². The zero-order valence-corrected chi connectivity index (χ0v) is 6.66. The van der Waals surface area contributed by atoms with Gasteiger partial charge in [-0.05, 0) is 6.92 Å². The maximum atomic E-state index is 10.3. The van der Waals surface area contributed by atoms with E-state index in [0.717, 1.165) is 0 Å². The topological polar surface area (TPSA) is 55.8 Å². The molecule has 0 spiro atoms. The second-order valence-electron chi connectivity index (χ2n) is 2.05. The van der Waals surface area contributed by atoms with Gasteiger partial charge in [0.1, 0.15) is 6.79 Å². The highest BCUT2D eigenvalue weighted by molar-refractivity contribution is 5.86. The largest absolute Gasteiger partial charge is 0.478 e. The summed E-state index contributed by atoms with van der Waals surface area (Å²) in [6.45, 7) is 5.01. The number of hydrogen-bond donors (Lipinski definition) is 1. The third kappa shape index (κ3) is 3.75. The number of carboxylic acids is 1. The molecule has 11 heavy (non-hydrogen) atoms. The van der Waals surface area contributed by atoms with Crippen molar-refractivity contribution in [2.75, 3.05) is 13.9 Å². The van der Waals surface area contributed by atoms with E-state index in [1.807, 2.05) is 0 Å². The van der Waals surface area contributed by atoms with Crippen molar-refractivity contribution in [2.45, 2.75) is 13.0 Å². The zero-order chi connectivity index (χ0) is 8.85. The number of carboxylic acid groups (broad SMARTS) is 1. The smallest absolute Gasteiger partial charge is 0.333 e. The van der Waals surface area contributed by atoms with E-state index in [-0.39, 0.29) is 12.4 Å². The van der Waals surface area contributed by atoms with E-state index in [0.29, 0.717) is 0 Å². The molecule has 0 saturated carbocycles. The summed E-state index contributed by atoms with van der Waals surface area (Å²) in [6.07, 6.45) is -0.507. The third-order valence-electron chi connectivity index (χ3n) is 1.20. The van der Waals surface area contributed by atoms with Gasteiger partial charge in [0.2, 0.25) is 0 Å². The minimum atomic E-state index is -1.05. The molecular weight excluding hydrogens is 148 g/mol. The van der Waals surface area contributed by atoms with Crippen LogP contribution in [0, 0.1) is 0 Å². The van der Waals surface area contributed by atoms with Crippen molar-refractivity contribution in [3.63, 3.8) is 0 Å². The molecule has 0 rings (SSSR count). The average molecular weight is 160 g/mol. The lowest BCUT2D eigenvalue weighted by molar-refractivity contribution is -0.135. The van der Waals surface area contributed by atoms with Crippen molar-refractivity contribution in [2.24, 2.45) is 0 Å². The van der Waals surface area contributed by atoms with E-state index in [1.165, 1.54) is 7.11 Å². The Hall–Kier alpha value is -0.870. The number of aliphatic carboxylic acids is 1. The van der Waals surface area contributed by atoms with Gasteiger partial charge in [0.15, 0.2) is 0 Å². The maximum Gasteiger partial charge on any atom is 0.333 e. The van der Waals surface area contributed by atoms with Crippen LogP contribution in [0.5, 0.6) is 0 Å². The van der Waals surface area contributed by atoms with Crippen LogP contribution in [-0.2, 0) is 14.3 Å². The van der Waals surface area contributed by atoms with Gasteiger partial charge in [-0.2, -0.15) is 0 Å². The fraction of sp³-hybridized carbons (Fsp3) is 0.571. The minimum absolute atomic E-state index is 0.0297. The van der Waals surface area contributed by atoms with Crippen molar-refractivity contribution >= 4 is 5.97 Å². The summed E-state index contributed by atoms with van der Waals surface area (Å²) in [5, 5.41) is 8.43. The van der Waals surface area contributed by atoms with E-state index in [9.17, 15) is 4.79 Å². The molecule has 0 aromatic rings. The summed E-state index contributed by atoms with van der Waals surface area (Å²) in [7, 11) is 1.47. The average Bonchev–Trinajstić information content (AvgIpc) is 1.98. The van der Waals surface area contributed by atoms with Crippen molar-refractivity contribution in [1.29, 1.82) is 0 Å². The monoisotopic (exact) mass is 160 g/mol. The first-order chi connectivity index (χ1) is 5.09. The molecule has 1 unspecified atom stereocenters. The molecule has 1 atom stereocenters. The van der Waals surface area contributed by atoms with E-state index in [4.69, 9.17) is 9.84 Å². The van der Waals surface area contributed by atoms with Crippen molar-refractivity contribution in [1.82, 2.24) is 0 Å². The number of rotatable bonds is 5. The summed E-state index contributed by atoms with van der Waals surface area (Å²) in [4.78, 5) is 10.3. The van der Waals surface area contributed by atoms with Crippen LogP contribution >= 0.6 is 0 Å². The SMILES string of the molecule is C=C(C(=O)O)C(C)OCOC. The molecule has 0 amide bonds. The molecule has 4 nitrogen and oxygen atoms in total. The quantitative estimate of drug-likeness (QED) is 0.473. The van der Waals surface area contributed by atoms with Gasteiger partial charge in [0, 0.05) is 7.11 Å². The van der Waals surface area contributed by atoms with Crippen LogP contribution in [-0.4, -0.2) is 31.1 Å². The number of methoxy groups -OCH3 is 1. The lowest BCUT2D eigenvalue weighted by Gasteiger charge is -2.10. The van der Waals surface area contributed by atoms with Crippen molar-refractivity contribution in [3.05, 3.63) is 12.2 Å². The molecule has 0 aliphatic heterocycles. The normalized spacial score (nSPS) is 12.5. The predicted molar refractivity (Wildman–Crippen MR) is 39.2 cm³/mol. The molecule has 0 aliphatic carbocycles. The molecule has 0 fully saturated rings. The van der Waals surface area contributed by atoms with Crippen LogP contribution in [0.3, 0.4) is 0 Å². The predicted octanol–water partition coefficient (Wildman–Crippen LogP) is 0.636. The Kier molecular flexibility index (Phi) is 4.49. The van der Waals surface area contributed by atoms with Gasteiger partial charge < -0.3 is 14.6 Å². The minimum Gasteiger partial charge on any atom is -0.478 e.